The summed E-state index contributed by atoms with van der Waals surface area (Å²) in [4.78, 5) is 1.54. The second-order valence-corrected chi connectivity index (χ2v) is 9.35. The molecule has 0 saturated heterocycles. The molecule has 5 heteroatoms. The van der Waals surface area contributed by atoms with Crippen molar-refractivity contribution in [3.8, 4) is 33.6 Å². The first kappa shape index (κ1) is 18.2. The molecular formula is C23H21N3OS. The van der Waals surface area contributed by atoms with Gasteiger partial charge in [0.1, 0.15) is 11.4 Å². The van der Waals surface area contributed by atoms with E-state index in [-0.39, 0.29) is 0 Å². The summed E-state index contributed by atoms with van der Waals surface area (Å²) in [5.41, 5.74) is 5.64. The molecule has 0 spiro atoms. The van der Waals surface area contributed by atoms with Gasteiger partial charge in [0.25, 0.3) is 0 Å². The zero-order valence-electron chi connectivity index (χ0n) is 15.8. The van der Waals surface area contributed by atoms with E-state index in [0.717, 1.165) is 33.6 Å². The SMILES string of the molecule is CS(C)(=O)=Nn1nc(-c2ccccc2)c(-c2ccccc2)c1-c1ccccc1. The molecule has 28 heavy (non-hydrogen) atoms. The maximum Gasteiger partial charge on any atom is 0.104 e. The summed E-state index contributed by atoms with van der Waals surface area (Å²) in [6.07, 6.45) is 3.24. The van der Waals surface area contributed by atoms with Crippen LogP contribution >= 0.6 is 0 Å². The van der Waals surface area contributed by atoms with E-state index < -0.39 is 9.73 Å². The standard InChI is InChI=1S/C23H21N3OS/c1-28(2,27)25-26-23(20-16-10-5-11-17-20)21(18-12-6-3-7-13-18)22(24-26)19-14-8-4-9-15-19/h3-17H,1-2H3. The lowest BCUT2D eigenvalue weighted by molar-refractivity contribution is 0.671. The normalized spacial score (nSPS) is 11.4. The Morgan fingerprint density at radius 1 is 0.714 bits per heavy atom. The molecule has 0 radical (unpaired) electrons. The summed E-state index contributed by atoms with van der Waals surface area (Å²) >= 11 is 0. The molecule has 0 aliphatic rings. The van der Waals surface area contributed by atoms with Crippen molar-refractivity contribution in [2.75, 3.05) is 12.5 Å². The second-order valence-electron chi connectivity index (χ2n) is 6.82. The molecule has 0 unspecified atom stereocenters. The van der Waals surface area contributed by atoms with Crippen LogP contribution < -0.4 is 0 Å². The first-order valence-electron chi connectivity index (χ1n) is 9.00. The Morgan fingerprint density at radius 3 is 1.68 bits per heavy atom. The van der Waals surface area contributed by atoms with Crippen molar-refractivity contribution in [1.82, 2.24) is 9.89 Å². The van der Waals surface area contributed by atoms with Gasteiger partial charge in [-0.05, 0) is 5.56 Å². The molecule has 1 heterocycles. The lowest BCUT2D eigenvalue weighted by Crippen LogP contribution is -2.01. The van der Waals surface area contributed by atoms with Crippen LogP contribution in [-0.4, -0.2) is 26.6 Å². The smallest absolute Gasteiger partial charge is 0.104 e. The third kappa shape index (κ3) is 3.75. The van der Waals surface area contributed by atoms with Crippen molar-refractivity contribution in [2.24, 2.45) is 4.47 Å². The fourth-order valence-electron chi connectivity index (χ4n) is 3.18. The molecule has 0 bridgehead atoms. The van der Waals surface area contributed by atoms with Crippen molar-refractivity contribution in [3.05, 3.63) is 91.0 Å². The van der Waals surface area contributed by atoms with Crippen LogP contribution in [0.3, 0.4) is 0 Å². The van der Waals surface area contributed by atoms with Crippen LogP contribution in [0.2, 0.25) is 0 Å². The number of nitrogens with zero attached hydrogens (tertiary/aromatic N) is 3. The Morgan fingerprint density at radius 2 is 1.18 bits per heavy atom. The van der Waals surface area contributed by atoms with E-state index in [4.69, 9.17) is 5.10 Å². The van der Waals surface area contributed by atoms with Crippen LogP contribution in [0.15, 0.2) is 95.5 Å². The highest BCUT2D eigenvalue weighted by Crippen LogP contribution is 2.39. The minimum absolute atomic E-state index is 0.818. The van der Waals surface area contributed by atoms with Crippen molar-refractivity contribution < 1.29 is 4.21 Å². The Hall–Kier alpha value is -3.18. The molecule has 0 amide bonds. The molecule has 3 aromatic carbocycles. The summed E-state index contributed by atoms with van der Waals surface area (Å²) < 4.78 is 16.9. The molecule has 0 atom stereocenters. The zero-order chi connectivity index (χ0) is 19.6. The van der Waals surface area contributed by atoms with E-state index in [1.807, 2.05) is 78.9 Å². The van der Waals surface area contributed by atoms with Crippen LogP contribution in [0, 0.1) is 0 Å². The Labute approximate surface area is 165 Å². The Balaban J connectivity index is 2.12. The first-order valence-corrected chi connectivity index (χ1v) is 11.3. The Bertz CT molecular complexity index is 1200. The maximum atomic E-state index is 12.5. The van der Waals surface area contributed by atoms with Gasteiger partial charge in [0, 0.05) is 29.2 Å². The average Bonchev–Trinajstić information content (AvgIpc) is 3.07. The molecule has 4 nitrogen and oxygen atoms in total. The minimum atomic E-state index is -2.40. The van der Waals surface area contributed by atoms with Crippen molar-refractivity contribution in [3.63, 3.8) is 0 Å². The van der Waals surface area contributed by atoms with Crippen LogP contribution in [0.1, 0.15) is 0 Å². The topological polar surface area (TPSA) is 47.2 Å². The number of hydrogen-bond donors (Lipinski definition) is 0. The van der Waals surface area contributed by atoms with Gasteiger partial charge in [0.15, 0.2) is 0 Å². The summed E-state index contributed by atoms with van der Waals surface area (Å²) in [6, 6.07) is 30.2. The van der Waals surface area contributed by atoms with Gasteiger partial charge < -0.3 is 0 Å². The maximum absolute atomic E-state index is 12.5. The lowest BCUT2D eigenvalue weighted by Gasteiger charge is -2.08. The van der Waals surface area contributed by atoms with Crippen LogP contribution in [-0.2, 0) is 9.73 Å². The number of benzene rings is 3. The highest BCUT2D eigenvalue weighted by molar-refractivity contribution is 7.92. The van der Waals surface area contributed by atoms with Crippen LogP contribution in [0.5, 0.6) is 0 Å². The van der Waals surface area contributed by atoms with E-state index in [9.17, 15) is 4.21 Å². The monoisotopic (exact) mass is 387 g/mol. The van der Waals surface area contributed by atoms with Gasteiger partial charge in [0.05, 0.1) is 9.73 Å². The summed E-state index contributed by atoms with van der Waals surface area (Å²) in [5.74, 6) is 0. The number of hydrogen-bond acceptors (Lipinski definition) is 3. The molecular weight excluding hydrogens is 366 g/mol. The highest BCUT2D eigenvalue weighted by Gasteiger charge is 2.22. The van der Waals surface area contributed by atoms with Gasteiger partial charge in [-0.3, -0.25) is 0 Å². The van der Waals surface area contributed by atoms with Gasteiger partial charge in [-0.15, -0.1) is 9.89 Å². The van der Waals surface area contributed by atoms with Crippen molar-refractivity contribution in [1.29, 1.82) is 0 Å². The molecule has 0 aliphatic heterocycles. The van der Waals surface area contributed by atoms with Gasteiger partial charge in [-0.25, -0.2) is 4.21 Å². The van der Waals surface area contributed by atoms with Crippen molar-refractivity contribution >= 4 is 9.73 Å². The zero-order valence-corrected chi connectivity index (χ0v) is 16.6. The molecule has 0 fully saturated rings. The van der Waals surface area contributed by atoms with E-state index in [1.54, 1.807) is 17.3 Å². The summed E-state index contributed by atoms with van der Waals surface area (Å²) in [6.45, 7) is 0. The van der Waals surface area contributed by atoms with E-state index in [2.05, 4.69) is 16.6 Å². The predicted octanol–water partition coefficient (Wildman–Crippen LogP) is 5.37. The molecule has 0 saturated carbocycles. The van der Waals surface area contributed by atoms with Crippen molar-refractivity contribution in [2.45, 2.75) is 0 Å². The fourth-order valence-corrected chi connectivity index (χ4v) is 3.68. The van der Waals surface area contributed by atoms with E-state index in [1.165, 1.54) is 0 Å². The second kappa shape index (κ2) is 7.44. The largest absolute Gasteiger partial charge is 0.248 e. The molecule has 4 rings (SSSR count). The van der Waals surface area contributed by atoms with Crippen LogP contribution in [0.4, 0.5) is 0 Å². The van der Waals surface area contributed by atoms with E-state index in [0.29, 0.717) is 0 Å². The predicted molar refractivity (Wildman–Crippen MR) is 116 cm³/mol. The van der Waals surface area contributed by atoms with E-state index >= 15 is 0 Å². The third-order valence-corrected chi connectivity index (χ3v) is 4.85. The van der Waals surface area contributed by atoms with Gasteiger partial charge in [-0.2, -0.15) is 0 Å². The summed E-state index contributed by atoms with van der Waals surface area (Å²) in [5, 5.41) is 4.79. The molecule has 0 N–H and O–H groups in total. The Kier molecular flexibility index (Phi) is 4.84. The molecule has 4 aromatic rings. The first-order chi connectivity index (χ1) is 13.5. The highest BCUT2D eigenvalue weighted by atomic mass is 32.2. The van der Waals surface area contributed by atoms with Gasteiger partial charge in [0.2, 0.25) is 0 Å². The van der Waals surface area contributed by atoms with Crippen LogP contribution in [0.25, 0.3) is 33.6 Å². The lowest BCUT2D eigenvalue weighted by atomic mass is 9.96. The van der Waals surface area contributed by atoms with Gasteiger partial charge in [-0.1, -0.05) is 95.5 Å². The number of aromatic nitrogens is 2. The molecule has 1 aromatic heterocycles. The number of rotatable bonds is 4. The minimum Gasteiger partial charge on any atom is -0.248 e. The quantitative estimate of drug-likeness (QED) is 0.472. The summed E-state index contributed by atoms with van der Waals surface area (Å²) in [7, 11) is -2.40. The van der Waals surface area contributed by atoms with Gasteiger partial charge >= 0.3 is 0 Å². The molecule has 0 aliphatic carbocycles. The third-order valence-electron chi connectivity index (χ3n) is 4.30. The fraction of sp³-hybridized carbons (Fsp3) is 0.0870. The average molecular weight is 388 g/mol. The molecule has 140 valence electrons.